The van der Waals surface area contributed by atoms with Gasteiger partial charge in [-0.15, -0.1) is 0 Å². The van der Waals surface area contributed by atoms with E-state index >= 15 is 0 Å². The number of benzene rings is 1. The highest BCUT2D eigenvalue weighted by molar-refractivity contribution is 6.31. The van der Waals surface area contributed by atoms with Crippen molar-refractivity contribution in [1.82, 2.24) is 0 Å². The first-order valence-corrected chi connectivity index (χ1v) is 8.29. The monoisotopic (exact) mass is 366 g/mol. The molecule has 136 valence electrons. The number of allylic oxidation sites excluding steroid dienone is 4. The van der Waals surface area contributed by atoms with E-state index in [9.17, 15) is 9.18 Å². The van der Waals surface area contributed by atoms with Crippen molar-refractivity contribution in [2.75, 3.05) is 6.61 Å². The maximum Gasteiger partial charge on any atom is 0.328 e. The van der Waals surface area contributed by atoms with Gasteiger partial charge in [0.15, 0.2) is 0 Å². The van der Waals surface area contributed by atoms with Gasteiger partial charge in [0.25, 0.3) is 0 Å². The van der Waals surface area contributed by atoms with Crippen LogP contribution in [0.4, 0.5) is 4.39 Å². The molecule has 3 nitrogen and oxygen atoms in total. The molecular weight excluding hydrogens is 343 g/mol. The lowest BCUT2D eigenvalue weighted by atomic mass is 9.91. The molecule has 5 heteroatoms. The zero-order valence-corrected chi connectivity index (χ0v) is 15.9. The van der Waals surface area contributed by atoms with Crippen LogP contribution in [-0.2, 0) is 4.79 Å². The summed E-state index contributed by atoms with van der Waals surface area (Å²) in [5.74, 6) is -0.646. The van der Waals surface area contributed by atoms with Crippen molar-refractivity contribution in [2.45, 2.75) is 34.6 Å². The minimum absolute atomic E-state index is 0.0495. The molecule has 0 aliphatic carbocycles. The highest BCUT2D eigenvalue weighted by Crippen LogP contribution is 2.37. The number of carbonyl (C=O) groups is 1. The normalized spacial score (nSPS) is 16.1. The summed E-state index contributed by atoms with van der Waals surface area (Å²) in [6, 6.07) is 2.98. The van der Waals surface area contributed by atoms with Gasteiger partial charge in [0, 0.05) is 23.1 Å². The van der Waals surface area contributed by atoms with Crippen LogP contribution in [0.5, 0.6) is 5.75 Å². The number of rotatable bonds is 2. The molecule has 0 saturated heterocycles. The van der Waals surface area contributed by atoms with Crippen LogP contribution in [0.1, 0.15) is 40.2 Å². The Bertz CT molecular complexity index is 731. The fourth-order valence-electron chi connectivity index (χ4n) is 2.43. The van der Waals surface area contributed by atoms with Gasteiger partial charge in [0.05, 0.1) is 11.6 Å². The molecule has 0 atom stereocenters. The van der Waals surface area contributed by atoms with Crippen molar-refractivity contribution in [2.24, 2.45) is 5.41 Å². The Hall–Kier alpha value is -2.07. The fraction of sp³-hybridized carbons (Fsp3) is 0.350. The number of hydrogen-bond acceptors (Lipinski definition) is 2. The maximum atomic E-state index is 13.4. The Morgan fingerprint density at radius 1 is 1.40 bits per heavy atom. The third kappa shape index (κ3) is 6.75. The molecule has 1 aromatic carbocycles. The molecule has 1 aromatic rings. The van der Waals surface area contributed by atoms with Crippen molar-refractivity contribution in [3.8, 4) is 5.75 Å². The predicted octanol–water partition coefficient (Wildman–Crippen LogP) is 5.89. The second kappa shape index (κ2) is 8.86. The highest BCUT2D eigenvalue weighted by atomic mass is 35.5. The smallest absolute Gasteiger partial charge is 0.328 e. The topological polar surface area (TPSA) is 46.5 Å². The quantitative estimate of drug-likeness (QED) is 0.524. The molecule has 0 radical (unpaired) electrons. The van der Waals surface area contributed by atoms with Crippen molar-refractivity contribution in [3.05, 3.63) is 58.4 Å². The molecule has 0 fully saturated rings. The zero-order chi connectivity index (χ0) is 19.2. The number of halogens is 2. The summed E-state index contributed by atoms with van der Waals surface area (Å²) >= 11 is 5.74. The first kappa shape index (κ1) is 21.0. The molecule has 0 amide bonds. The van der Waals surface area contributed by atoms with E-state index in [0.717, 1.165) is 16.7 Å². The number of aliphatic carboxylic acids is 1. The first-order valence-electron chi connectivity index (χ1n) is 7.91. The van der Waals surface area contributed by atoms with Gasteiger partial charge < -0.3 is 9.84 Å². The van der Waals surface area contributed by atoms with E-state index in [4.69, 9.17) is 21.4 Å². The highest BCUT2D eigenvalue weighted by Gasteiger charge is 2.23. The third-order valence-corrected chi connectivity index (χ3v) is 3.72. The second-order valence-electron chi connectivity index (χ2n) is 6.59. The predicted molar refractivity (Wildman–Crippen MR) is 101 cm³/mol. The fourth-order valence-corrected chi connectivity index (χ4v) is 2.58. The van der Waals surface area contributed by atoms with Gasteiger partial charge in [-0.05, 0) is 38.0 Å². The molecule has 2 rings (SSSR count). The average molecular weight is 367 g/mol. The van der Waals surface area contributed by atoms with Gasteiger partial charge in [-0.1, -0.05) is 43.7 Å². The van der Waals surface area contributed by atoms with E-state index in [2.05, 4.69) is 19.9 Å². The van der Waals surface area contributed by atoms with Crippen molar-refractivity contribution in [1.29, 1.82) is 0 Å². The molecular formula is C20H24ClFO3. The van der Waals surface area contributed by atoms with Gasteiger partial charge in [-0.2, -0.15) is 0 Å². The van der Waals surface area contributed by atoms with Crippen LogP contribution in [0.2, 0.25) is 5.02 Å². The molecule has 25 heavy (non-hydrogen) atoms. The minimum Gasteiger partial charge on any atom is -0.492 e. The van der Waals surface area contributed by atoms with E-state index in [-0.39, 0.29) is 10.4 Å². The number of carboxylic acid groups (broad SMARTS) is 1. The SMILES string of the molecule is C/C=C/C(C)=C/C(=O)O.CC1=CC(C)(C)COc2cc(Cl)c(F)cc21. The zero-order valence-electron chi connectivity index (χ0n) is 15.2. The Balaban J connectivity index is 0.000000299. The minimum atomic E-state index is -0.898. The summed E-state index contributed by atoms with van der Waals surface area (Å²) in [7, 11) is 0. The summed E-state index contributed by atoms with van der Waals surface area (Å²) in [5.41, 5.74) is 2.51. The van der Waals surface area contributed by atoms with Crippen LogP contribution in [0.25, 0.3) is 5.57 Å². The first-order chi connectivity index (χ1) is 11.6. The van der Waals surface area contributed by atoms with Gasteiger partial charge >= 0.3 is 5.97 Å². The van der Waals surface area contributed by atoms with E-state index in [1.807, 2.05) is 13.8 Å². The van der Waals surface area contributed by atoms with Crippen LogP contribution in [0.3, 0.4) is 0 Å². The van der Waals surface area contributed by atoms with E-state index < -0.39 is 11.8 Å². The lowest BCUT2D eigenvalue weighted by Gasteiger charge is -2.18. The van der Waals surface area contributed by atoms with Crippen LogP contribution in [0.15, 0.2) is 42.0 Å². The van der Waals surface area contributed by atoms with E-state index in [1.165, 1.54) is 12.1 Å². The summed E-state index contributed by atoms with van der Waals surface area (Å²) in [6.07, 6.45) is 6.81. The standard InChI is InChI=1S/C13H14ClFO.C7H10O2/c1-8-6-13(2,3)7-16-12-5-10(14)11(15)4-9(8)12;1-3-4-6(2)5-7(8)9/h4-6H,7H2,1-3H3;3-5H,1-2H3,(H,8,9)/b;4-3+,6-5+. The summed E-state index contributed by atoms with van der Waals surface area (Å²) in [4.78, 5) is 9.97. The average Bonchev–Trinajstić information content (AvgIpc) is 2.57. The van der Waals surface area contributed by atoms with E-state index in [0.29, 0.717) is 12.4 Å². The second-order valence-corrected chi connectivity index (χ2v) is 7.00. The van der Waals surface area contributed by atoms with Crippen molar-refractivity contribution < 1.29 is 19.0 Å². The van der Waals surface area contributed by atoms with Gasteiger partial charge in [-0.3, -0.25) is 0 Å². The Labute approximate surface area is 153 Å². The van der Waals surface area contributed by atoms with Crippen molar-refractivity contribution >= 4 is 23.1 Å². The van der Waals surface area contributed by atoms with Crippen LogP contribution in [-0.4, -0.2) is 17.7 Å². The summed E-state index contributed by atoms with van der Waals surface area (Å²) < 4.78 is 19.1. The van der Waals surface area contributed by atoms with Crippen LogP contribution < -0.4 is 4.74 Å². The Kier molecular flexibility index (Phi) is 7.43. The summed E-state index contributed by atoms with van der Waals surface area (Å²) in [5, 5.41) is 8.30. The molecule has 1 aliphatic rings. The molecule has 1 heterocycles. The molecule has 0 spiro atoms. The molecule has 1 N–H and O–H groups in total. The molecule has 0 unspecified atom stereocenters. The Morgan fingerprint density at radius 2 is 2.04 bits per heavy atom. The largest absolute Gasteiger partial charge is 0.492 e. The molecule has 0 aromatic heterocycles. The van der Waals surface area contributed by atoms with Crippen molar-refractivity contribution in [3.63, 3.8) is 0 Å². The maximum absolute atomic E-state index is 13.4. The van der Waals surface area contributed by atoms with Crippen LogP contribution >= 0.6 is 11.6 Å². The number of fused-ring (bicyclic) bond motifs is 1. The number of hydrogen-bond donors (Lipinski definition) is 1. The third-order valence-electron chi connectivity index (χ3n) is 3.43. The summed E-state index contributed by atoms with van der Waals surface area (Å²) in [6.45, 7) is 10.3. The number of carboxylic acids is 1. The lowest BCUT2D eigenvalue weighted by Crippen LogP contribution is -2.17. The lowest BCUT2D eigenvalue weighted by molar-refractivity contribution is -0.131. The van der Waals surface area contributed by atoms with Gasteiger partial charge in [-0.25, -0.2) is 9.18 Å². The Morgan fingerprint density at radius 3 is 2.60 bits per heavy atom. The molecule has 1 aliphatic heterocycles. The molecule has 0 bridgehead atoms. The van der Waals surface area contributed by atoms with E-state index in [1.54, 1.807) is 25.1 Å². The number of ether oxygens (including phenoxy) is 1. The van der Waals surface area contributed by atoms with Gasteiger partial charge in [0.1, 0.15) is 11.6 Å². The molecule has 0 saturated carbocycles. The van der Waals surface area contributed by atoms with Crippen LogP contribution in [0, 0.1) is 11.2 Å². The van der Waals surface area contributed by atoms with Gasteiger partial charge in [0.2, 0.25) is 0 Å².